The van der Waals surface area contributed by atoms with Gasteiger partial charge in [-0.05, 0) is 25.2 Å². The predicted octanol–water partition coefficient (Wildman–Crippen LogP) is 1.01. The third-order valence-corrected chi connectivity index (χ3v) is 3.19. The van der Waals surface area contributed by atoms with Crippen molar-refractivity contribution < 1.29 is 4.74 Å². The molecule has 0 radical (unpaired) electrons. The third kappa shape index (κ3) is 5.89. The number of methoxy groups -OCH3 is 1. The second-order valence-electron chi connectivity index (χ2n) is 4.83. The van der Waals surface area contributed by atoms with Crippen molar-refractivity contribution >= 4 is 5.96 Å². The van der Waals surface area contributed by atoms with Gasteiger partial charge in [0.05, 0.1) is 0 Å². The zero-order valence-corrected chi connectivity index (χ0v) is 11.0. The second-order valence-corrected chi connectivity index (χ2v) is 4.83. The van der Waals surface area contributed by atoms with E-state index in [0.29, 0.717) is 12.0 Å². The molecule has 0 saturated heterocycles. The quantitative estimate of drug-likeness (QED) is 0.221. The highest BCUT2D eigenvalue weighted by molar-refractivity contribution is 5.79. The molecule has 2 atom stereocenters. The molecule has 17 heavy (non-hydrogen) atoms. The summed E-state index contributed by atoms with van der Waals surface area (Å²) in [7, 11) is 1.70. The van der Waals surface area contributed by atoms with Gasteiger partial charge in [-0.15, -0.1) is 0 Å². The zero-order valence-electron chi connectivity index (χ0n) is 11.0. The van der Waals surface area contributed by atoms with Crippen molar-refractivity contribution in [2.75, 3.05) is 20.3 Å². The zero-order chi connectivity index (χ0) is 12.5. The molecule has 0 aromatic heterocycles. The number of aliphatic imine (C=N–C) groups is 1. The van der Waals surface area contributed by atoms with Crippen LogP contribution in [0, 0.1) is 5.92 Å². The van der Waals surface area contributed by atoms with Gasteiger partial charge in [-0.25, -0.2) is 5.84 Å². The van der Waals surface area contributed by atoms with Crippen molar-refractivity contribution in [3.8, 4) is 0 Å². The maximum atomic E-state index is 5.46. The summed E-state index contributed by atoms with van der Waals surface area (Å²) in [5.41, 5.74) is 2.64. The summed E-state index contributed by atoms with van der Waals surface area (Å²) in [4.78, 5) is 4.39. The Morgan fingerprint density at radius 2 is 2.29 bits per heavy atom. The SMILES string of the molecule is COCCCN=C(NN)NC1CCCC(C)C1. The first kappa shape index (κ1) is 14.3. The van der Waals surface area contributed by atoms with E-state index in [1.807, 2.05) is 0 Å². The fourth-order valence-electron chi connectivity index (χ4n) is 2.29. The van der Waals surface area contributed by atoms with Crippen molar-refractivity contribution in [1.29, 1.82) is 0 Å². The smallest absolute Gasteiger partial charge is 0.205 e. The number of hydrazine groups is 1. The Kier molecular flexibility index (Phi) is 6.96. The highest BCUT2D eigenvalue weighted by atomic mass is 16.5. The lowest BCUT2D eigenvalue weighted by atomic mass is 9.87. The molecule has 0 heterocycles. The van der Waals surface area contributed by atoms with E-state index >= 15 is 0 Å². The van der Waals surface area contributed by atoms with Crippen molar-refractivity contribution in [3.63, 3.8) is 0 Å². The van der Waals surface area contributed by atoms with Crippen molar-refractivity contribution in [2.24, 2.45) is 16.8 Å². The number of rotatable bonds is 5. The maximum absolute atomic E-state index is 5.46. The van der Waals surface area contributed by atoms with Gasteiger partial charge < -0.3 is 10.1 Å². The minimum atomic E-state index is 0.510. The van der Waals surface area contributed by atoms with E-state index in [0.717, 1.165) is 25.5 Å². The summed E-state index contributed by atoms with van der Waals surface area (Å²) in [6.07, 6.45) is 5.97. The van der Waals surface area contributed by atoms with Crippen LogP contribution in [-0.4, -0.2) is 32.3 Å². The summed E-state index contributed by atoms with van der Waals surface area (Å²) < 4.78 is 4.98. The Labute approximate surface area is 104 Å². The Morgan fingerprint density at radius 1 is 1.47 bits per heavy atom. The molecule has 0 bridgehead atoms. The van der Waals surface area contributed by atoms with Crippen LogP contribution in [0.5, 0.6) is 0 Å². The molecule has 100 valence electrons. The largest absolute Gasteiger partial charge is 0.385 e. The number of nitrogens with two attached hydrogens (primary N) is 1. The highest BCUT2D eigenvalue weighted by Gasteiger charge is 2.19. The predicted molar refractivity (Wildman–Crippen MR) is 70.7 cm³/mol. The van der Waals surface area contributed by atoms with E-state index in [2.05, 4.69) is 22.7 Å². The summed E-state index contributed by atoms with van der Waals surface area (Å²) in [6, 6.07) is 0.510. The van der Waals surface area contributed by atoms with Crippen molar-refractivity contribution in [3.05, 3.63) is 0 Å². The molecule has 1 saturated carbocycles. The minimum Gasteiger partial charge on any atom is -0.385 e. The summed E-state index contributed by atoms with van der Waals surface area (Å²) in [6.45, 7) is 3.78. The number of hydrogen-bond donors (Lipinski definition) is 3. The molecule has 0 aromatic carbocycles. The van der Waals surface area contributed by atoms with E-state index in [1.54, 1.807) is 7.11 Å². The molecule has 0 aliphatic heterocycles. The molecule has 2 unspecified atom stereocenters. The summed E-state index contributed by atoms with van der Waals surface area (Å²) in [5, 5.41) is 3.39. The molecule has 1 aliphatic carbocycles. The van der Waals surface area contributed by atoms with Gasteiger partial charge in [0.25, 0.3) is 0 Å². The van der Waals surface area contributed by atoms with Gasteiger partial charge in [0.15, 0.2) is 0 Å². The van der Waals surface area contributed by atoms with Crippen molar-refractivity contribution in [2.45, 2.75) is 45.1 Å². The van der Waals surface area contributed by atoms with Gasteiger partial charge in [0, 0.05) is 26.3 Å². The molecule has 0 spiro atoms. The van der Waals surface area contributed by atoms with Gasteiger partial charge >= 0.3 is 0 Å². The Morgan fingerprint density at radius 3 is 2.94 bits per heavy atom. The van der Waals surface area contributed by atoms with Crippen LogP contribution >= 0.6 is 0 Å². The number of nitrogens with one attached hydrogen (secondary N) is 2. The lowest BCUT2D eigenvalue weighted by molar-refractivity contribution is 0.197. The average Bonchev–Trinajstić information content (AvgIpc) is 2.33. The summed E-state index contributed by atoms with van der Waals surface area (Å²) >= 11 is 0. The molecule has 5 nitrogen and oxygen atoms in total. The molecule has 0 aromatic rings. The molecular formula is C12H26N4O. The molecule has 1 aliphatic rings. The van der Waals surface area contributed by atoms with Crippen LogP contribution in [0.15, 0.2) is 4.99 Å². The van der Waals surface area contributed by atoms with Gasteiger partial charge in [0.1, 0.15) is 0 Å². The molecule has 4 N–H and O–H groups in total. The fraction of sp³-hybridized carbons (Fsp3) is 0.917. The second kappa shape index (κ2) is 8.31. The molecule has 5 heteroatoms. The first-order valence-corrected chi connectivity index (χ1v) is 6.52. The molecular weight excluding hydrogens is 216 g/mol. The Hall–Kier alpha value is -0.810. The van der Waals surface area contributed by atoms with Gasteiger partial charge in [-0.1, -0.05) is 19.8 Å². The molecule has 0 amide bonds. The van der Waals surface area contributed by atoms with Crippen LogP contribution in [0.4, 0.5) is 0 Å². The van der Waals surface area contributed by atoms with Crippen LogP contribution in [0.25, 0.3) is 0 Å². The summed E-state index contributed by atoms with van der Waals surface area (Å²) in [5.74, 6) is 6.97. The van der Waals surface area contributed by atoms with Gasteiger partial charge in [-0.3, -0.25) is 10.4 Å². The van der Waals surface area contributed by atoms with E-state index in [9.17, 15) is 0 Å². The van der Waals surface area contributed by atoms with E-state index in [1.165, 1.54) is 25.7 Å². The van der Waals surface area contributed by atoms with Crippen molar-refractivity contribution in [1.82, 2.24) is 10.7 Å². The van der Waals surface area contributed by atoms with Crippen LogP contribution in [0.2, 0.25) is 0 Å². The number of hydrogen-bond acceptors (Lipinski definition) is 3. The van der Waals surface area contributed by atoms with Crippen LogP contribution < -0.4 is 16.6 Å². The van der Waals surface area contributed by atoms with Crippen LogP contribution in [0.3, 0.4) is 0 Å². The maximum Gasteiger partial charge on any atom is 0.205 e. The number of guanidine groups is 1. The first-order chi connectivity index (χ1) is 8.26. The van der Waals surface area contributed by atoms with Crippen LogP contribution in [-0.2, 0) is 4.74 Å². The van der Waals surface area contributed by atoms with Crippen LogP contribution in [0.1, 0.15) is 39.0 Å². The lowest BCUT2D eigenvalue weighted by Gasteiger charge is -2.28. The lowest BCUT2D eigenvalue weighted by Crippen LogP contribution is -2.47. The van der Waals surface area contributed by atoms with E-state index < -0.39 is 0 Å². The highest BCUT2D eigenvalue weighted by Crippen LogP contribution is 2.23. The normalized spacial score (nSPS) is 25.7. The minimum absolute atomic E-state index is 0.510. The molecule has 1 fully saturated rings. The number of ether oxygens (including phenoxy) is 1. The average molecular weight is 242 g/mol. The van der Waals surface area contributed by atoms with E-state index in [4.69, 9.17) is 10.6 Å². The third-order valence-electron chi connectivity index (χ3n) is 3.19. The van der Waals surface area contributed by atoms with Gasteiger partial charge in [-0.2, -0.15) is 0 Å². The Bertz CT molecular complexity index is 233. The fourth-order valence-corrected chi connectivity index (χ4v) is 2.29. The van der Waals surface area contributed by atoms with Gasteiger partial charge in [0.2, 0.25) is 5.96 Å². The monoisotopic (exact) mass is 242 g/mol. The Balaban J connectivity index is 2.29. The molecule has 1 rings (SSSR count). The first-order valence-electron chi connectivity index (χ1n) is 6.52. The standard InChI is InChI=1S/C12H26N4O/c1-10-5-3-6-11(9-10)15-12(16-13)14-7-4-8-17-2/h10-11H,3-9,13H2,1-2H3,(H2,14,15,16). The van der Waals surface area contributed by atoms with E-state index in [-0.39, 0.29) is 0 Å². The topological polar surface area (TPSA) is 71.7 Å². The number of nitrogens with zero attached hydrogens (tertiary/aromatic N) is 1.